The van der Waals surface area contributed by atoms with E-state index in [-0.39, 0.29) is 12.5 Å². The largest absolute Gasteiger partial charge is 0.396 e. The van der Waals surface area contributed by atoms with E-state index in [4.69, 9.17) is 17.3 Å². The Morgan fingerprint density at radius 1 is 1.59 bits per heavy atom. The van der Waals surface area contributed by atoms with Crippen LogP contribution in [-0.2, 0) is 4.79 Å². The number of aliphatic hydroxyl groups is 1. The van der Waals surface area contributed by atoms with Crippen LogP contribution in [0.2, 0.25) is 0 Å². The summed E-state index contributed by atoms with van der Waals surface area (Å²) in [6, 6.07) is 3.76. The smallest absolute Gasteiger partial charge is 0.266 e. The summed E-state index contributed by atoms with van der Waals surface area (Å²) in [5, 5.41) is 8.76. The number of carbonyl (C=O) groups is 1. The first-order chi connectivity index (χ1) is 8.22. The molecule has 6 heteroatoms. The summed E-state index contributed by atoms with van der Waals surface area (Å²) < 4.78 is 0.557. The second-order valence-corrected chi connectivity index (χ2v) is 5.21. The number of aliphatic hydroxyl groups excluding tert-OH is 1. The van der Waals surface area contributed by atoms with E-state index >= 15 is 0 Å². The van der Waals surface area contributed by atoms with E-state index in [1.165, 1.54) is 16.7 Å². The minimum absolute atomic E-state index is 0.0622. The monoisotopic (exact) mass is 268 g/mol. The van der Waals surface area contributed by atoms with Crippen LogP contribution in [0.15, 0.2) is 23.2 Å². The molecule has 2 N–H and O–H groups in total. The molecule has 1 aliphatic heterocycles. The lowest BCUT2D eigenvalue weighted by Gasteiger charge is -2.12. The Morgan fingerprint density at radius 3 is 3.06 bits per heavy atom. The Kier molecular flexibility index (Phi) is 3.98. The van der Waals surface area contributed by atoms with Gasteiger partial charge in [0.25, 0.3) is 5.91 Å². The van der Waals surface area contributed by atoms with Crippen LogP contribution in [0.5, 0.6) is 0 Å². The standard InChI is InChI=1S/C11H12N2O2S2/c14-6-2-5-13-10(15)9(17-11(13)16)7-8-3-1-4-12-8/h1,3-4,7,12,14H,2,5-6H2/b9-7-. The van der Waals surface area contributed by atoms with Crippen LogP contribution in [0.3, 0.4) is 0 Å². The minimum Gasteiger partial charge on any atom is -0.396 e. The molecule has 0 saturated carbocycles. The topological polar surface area (TPSA) is 56.3 Å². The predicted molar refractivity (Wildman–Crippen MR) is 72.4 cm³/mol. The van der Waals surface area contributed by atoms with E-state index in [0.717, 1.165) is 5.69 Å². The van der Waals surface area contributed by atoms with Crippen molar-refractivity contribution in [1.82, 2.24) is 9.88 Å². The van der Waals surface area contributed by atoms with E-state index in [2.05, 4.69) is 4.98 Å². The van der Waals surface area contributed by atoms with Gasteiger partial charge in [0.15, 0.2) is 0 Å². The number of thioether (sulfide) groups is 1. The summed E-state index contributed by atoms with van der Waals surface area (Å²) in [5.74, 6) is -0.0805. The first-order valence-electron chi connectivity index (χ1n) is 5.22. The SMILES string of the molecule is O=C1/C(=C/c2ccc[nH]2)SC(=S)N1CCCO. The molecule has 90 valence electrons. The van der Waals surface area contributed by atoms with Crippen molar-refractivity contribution in [1.29, 1.82) is 0 Å². The Hall–Kier alpha value is -1.11. The molecule has 1 fully saturated rings. The number of nitrogens with one attached hydrogen (secondary N) is 1. The average Bonchev–Trinajstić information content (AvgIpc) is 2.89. The van der Waals surface area contributed by atoms with Crippen LogP contribution in [0, 0.1) is 0 Å². The number of hydrogen-bond acceptors (Lipinski definition) is 4. The average molecular weight is 268 g/mol. The van der Waals surface area contributed by atoms with E-state index in [1.807, 2.05) is 12.1 Å². The Labute approximate surface area is 109 Å². The fraction of sp³-hybridized carbons (Fsp3) is 0.273. The first kappa shape index (κ1) is 12.3. The Bertz CT molecular complexity index is 454. The molecular formula is C11H12N2O2S2. The molecule has 0 aliphatic carbocycles. The quantitative estimate of drug-likeness (QED) is 0.643. The summed E-state index contributed by atoms with van der Waals surface area (Å²) >= 11 is 6.44. The van der Waals surface area contributed by atoms with Gasteiger partial charge in [0.2, 0.25) is 0 Å². The van der Waals surface area contributed by atoms with Crippen molar-refractivity contribution in [2.24, 2.45) is 0 Å². The number of aromatic amines is 1. The lowest BCUT2D eigenvalue weighted by molar-refractivity contribution is -0.122. The molecule has 1 aliphatic rings. The van der Waals surface area contributed by atoms with Crippen LogP contribution < -0.4 is 0 Å². The summed E-state index contributed by atoms with van der Waals surface area (Å²) in [7, 11) is 0. The number of carbonyl (C=O) groups excluding carboxylic acids is 1. The minimum atomic E-state index is -0.0805. The van der Waals surface area contributed by atoms with Crippen LogP contribution in [0.4, 0.5) is 0 Å². The van der Waals surface area contributed by atoms with Crippen molar-refractivity contribution >= 4 is 40.3 Å². The van der Waals surface area contributed by atoms with Gasteiger partial charge in [0, 0.05) is 25.0 Å². The molecular weight excluding hydrogens is 256 g/mol. The van der Waals surface area contributed by atoms with Crippen LogP contribution >= 0.6 is 24.0 Å². The second kappa shape index (κ2) is 5.48. The van der Waals surface area contributed by atoms with Crippen molar-refractivity contribution in [3.8, 4) is 0 Å². The molecule has 1 aromatic heterocycles. The maximum Gasteiger partial charge on any atom is 0.266 e. The highest BCUT2D eigenvalue weighted by atomic mass is 32.2. The molecule has 0 unspecified atom stereocenters. The summed E-state index contributed by atoms with van der Waals surface area (Å²) in [6.07, 6.45) is 4.14. The van der Waals surface area contributed by atoms with Gasteiger partial charge in [-0.05, 0) is 24.6 Å². The van der Waals surface area contributed by atoms with Crippen LogP contribution in [0.1, 0.15) is 12.1 Å². The molecule has 17 heavy (non-hydrogen) atoms. The van der Waals surface area contributed by atoms with E-state index in [1.54, 1.807) is 12.3 Å². The van der Waals surface area contributed by atoms with Gasteiger partial charge in [-0.15, -0.1) is 0 Å². The van der Waals surface area contributed by atoms with Gasteiger partial charge in [-0.1, -0.05) is 24.0 Å². The van der Waals surface area contributed by atoms with Gasteiger partial charge in [-0.3, -0.25) is 9.69 Å². The molecule has 1 aromatic rings. The molecule has 4 nitrogen and oxygen atoms in total. The van der Waals surface area contributed by atoms with E-state index in [0.29, 0.717) is 22.2 Å². The maximum absolute atomic E-state index is 12.0. The highest BCUT2D eigenvalue weighted by Crippen LogP contribution is 2.32. The molecule has 0 bridgehead atoms. The number of nitrogens with zero attached hydrogens (tertiary/aromatic N) is 1. The second-order valence-electron chi connectivity index (χ2n) is 3.54. The molecule has 0 spiro atoms. The van der Waals surface area contributed by atoms with Crippen LogP contribution in [-0.4, -0.2) is 38.4 Å². The number of thiocarbonyl (C=S) groups is 1. The van der Waals surface area contributed by atoms with Gasteiger partial charge in [-0.2, -0.15) is 0 Å². The lowest BCUT2D eigenvalue weighted by atomic mass is 10.3. The zero-order valence-corrected chi connectivity index (χ0v) is 10.7. The predicted octanol–water partition coefficient (Wildman–Crippen LogP) is 1.60. The highest BCUT2D eigenvalue weighted by molar-refractivity contribution is 8.26. The fourth-order valence-electron chi connectivity index (χ4n) is 1.50. The van der Waals surface area contributed by atoms with Crippen molar-refractivity contribution in [2.45, 2.75) is 6.42 Å². The number of hydrogen-bond donors (Lipinski definition) is 2. The zero-order chi connectivity index (χ0) is 12.3. The Balaban J connectivity index is 2.13. The molecule has 0 atom stereocenters. The van der Waals surface area contributed by atoms with Crippen molar-refractivity contribution in [3.63, 3.8) is 0 Å². The third-order valence-electron chi connectivity index (χ3n) is 2.32. The van der Waals surface area contributed by atoms with Gasteiger partial charge in [0.1, 0.15) is 4.32 Å². The van der Waals surface area contributed by atoms with Gasteiger partial charge in [-0.25, -0.2) is 0 Å². The van der Waals surface area contributed by atoms with Crippen molar-refractivity contribution in [2.75, 3.05) is 13.2 Å². The summed E-state index contributed by atoms with van der Waals surface area (Å²) in [5.41, 5.74) is 0.882. The summed E-state index contributed by atoms with van der Waals surface area (Å²) in [4.78, 5) is 17.2. The molecule has 1 amide bonds. The zero-order valence-electron chi connectivity index (χ0n) is 9.05. The lowest BCUT2D eigenvalue weighted by Crippen LogP contribution is -2.29. The highest BCUT2D eigenvalue weighted by Gasteiger charge is 2.31. The summed E-state index contributed by atoms with van der Waals surface area (Å²) in [6.45, 7) is 0.538. The molecule has 2 heterocycles. The van der Waals surface area contributed by atoms with Gasteiger partial charge < -0.3 is 10.1 Å². The Morgan fingerprint density at radius 2 is 2.41 bits per heavy atom. The van der Waals surface area contributed by atoms with Crippen LogP contribution in [0.25, 0.3) is 6.08 Å². The van der Waals surface area contributed by atoms with Gasteiger partial charge in [0.05, 0.1) is 4.91 Å². The number of H-pyrrole nitrogens is 1. The normalized spacial score (nSPS) is 18.4. The third-order valence-corrected chi connectivity index (χ3v) is 3.70. The molecule has 0 radical (unpaired) electrons. The first-order valence-corrected chi connectivity index (χ1v) is 6.44. The van der Waals surface area contributed by atoms with Crippen molar-refractivity contribution < 1.29 is 9.90 Å². The number of amides is 1. The number of aromatic nitrogens is 1. The molecule has 0 aromatic carbocycles. The van der Waals surface area contributed by atoms with Gasteiger partial charge >= 0.3 is 0 Å². The number of rotatable bonds is 4. The van der Waals surface area contributed by atoms with E-state index in [9.17, 15) is 4.79 Å². The maximum atomic E-state index is 12.0. The fourth-order valence-corrected chi connectivity index (χ4v) is 2.80. The third kappa shape index (κ3) is 2.77. The van der Waals surface area contributed by atoms with Crippen molar-refractivity contribution in [3.05, 3.63) is 28.9 Å². The molecule has 1 saturated heterocycles. The van der Waals surface area contributed by atoms with E-state index < -0.39 is 0 Å². The molecule has 2 rings (SSSR count).